The third kappa shape index (κ3) is 5.53. The van der Waals surface area contributed by atoms with Gasteiger partial charge in [0, 0.05) is 17.8 Å². The number of halogens is 1. The maximum atomic E-state index is 16.1. The fourth-order valence-electron chi connectivity index (χ4n) is 4.07. The summed E-state index contributed by atoms with van der Waals surface area (Å²) in [4.78, 5) is 16.6. The minimum atomic E-state index is -1.75. The molecular weight excluding hydrogens is 469 g/mol. The number of nitrogens with zero attached hydrogens (tertiary/aromatic N) is 3. The van der Waals surface area contributed by atoms with Crippen molar-refractivity contribution in [3.8, 4) is 0 Å². The van der Waals surface area contributed by atoms with Crippen LogP contribution in [0.15, 0.2) is 91.2 Å². The van der Waals surface area contributed by atoms with Crippen LogP contribution in [0.25, 0.3) is 11.1 Å². The standard InChI is InChI=1S/C29H28FN5O2/c1-28(2,3)37-27(36)33-23-11-9-22(10-12-23)32-26-34-25(19-24-15-18-31-35(24)26)29(30)16-13-21(14-17-29)20-7-5-4-6-8-20/h4-16,18-19H,17H2,1-3H3,(H,32,34)(H,33,36). The highest BCUT2D eigenvalue weighted by Crippen LogP contribution is 2.38. The number of benzene rings is 2. The molecule has 8 heteroatoms. The Hall–Kier alpha value is -4.46. The van der Waals surface area contributed by atoms with E-state index in [9.17, 15) is 4.79 Å². The summed E-state index contributed by atoms with van der Waals surface area (Å²) in [6.45, 7) is 5.42. The van der Waals surface area contributed by atoms with Crippen molar-refractivity contribution in [1.29, 1.82) is 0 Å². The van der Waals surface area contributed by atoms with Crippen molar-refractivity contribution in [2.45, 2.75) is 38.5 Å². The average molecular weight is 498 g/mol. The van der Waals surface area contributed by atoms with Crippen LogP contribution in [0.1, 0.15) is 38.4 Å². The van der Waals surface area contributed by atoms with E-state index in [2.05, 4.69) is 20.7 Å². The van der Waals surface area contributed by atoms with Crippen LogP contribution in [0.5, 0.6) is 0 Å². The number of carbonyl (C=O) groups excluding carboxylic acids is 1. The molecule has 1 atom stereocenters. The van der Waals surface area contributed by atoms with Gasteiger partial charge in [-0.3, -0.25) is 5.32 Å². The Bertz CT molecular complexity index is 1490. The van der Waals surface area contributed by atoms with Gasteiger partial charge in [-0.15, -0.1) is 0 Å². The first-order valence-corrected chi connectivity index (χ1v) is 12.0. The Morgan fingerprint density at radius 3 is 2.46 bits per heavy atom. The predicted molar refractivity (Wildman–Crippen MR) is 144 cm³/mol. The summed E-state index contributed by atoms with van der Waals surface area (Å²) in [5.74, 6) is 0.383. The summed E-state index contributed by atoms with van der Waals surface area (Å²) in [5, 5.41) is 10.3. The van der Waals surface area contributed by atoms with Crippen LogP contribution < -0.4 is 10.6 Å². The number of rotatable bonds is 5. The highest BCUT2D eigenvalue weighted by Gasteiger charge is 2.33. The monoisotopic (exact) mass is 497 g/mol. The van der Waals surface area contributed by atoms with Crippen LogP contribution >= 0.6 is 0 Å². The molecule has 2 aromatic carbocycles. The third-order valence-corrected chi connectivity index (χ3v) is 5.85. The fraction of sp³-hybridized carbons (Fsp3) is 0.207. The van der Waals surface area contributed by atoms with Gasteiger partial charge in [-0.25, -0.2) is 18.7 Å². The van der Waals surface area contributed by atoms with Crippen LogP contribution in [-0.4, -0.2) is 26.3 Å². The Morgan fingerprint density at radius 1 is 1.05 bits per heavy atom. The quantitative estimate of drug-likeness (QED) is 0.309. The number of hydrogen-bond acceptors (Lipinski definition) is 5. The molecule has 1 aliphatic rings. The number of alkyl halides is 1. The van der Waals surface area contributed by atoms with Crippen LogP contribution in [0.2, 0.25) is 0 Å². The van der Waals surface area contributed by atoms with E-state index >= 15 is 4.39 Å². The molecule has 0 aliphatic heterocycles. The number of fused-ring (bicyclic) bond motifs is 1. The smallest absolute Gasteiger partial charge is 0.412 e. The number of amides is 1. The van der Waals surface area contributed by atoms with Crippen molar-refractivity contribution in [2.75, 3.05) is 10.6 Å². The third-order valence-electron chi connectivity index (χ3n) is 5.85. The first-order valence-electron chi connectivity index (χ1n) is 12.0. The van der Waals surface area contributed by atoms with Crippen molar-refractivity contribution in [3.05, 3.63) is 102 Å². The molecule has 0 bridgehead atoms. The van der Waals surface area contributed by atoms with Gasteiger partial charge < -0.3 is 10.1 Å². The zero-order valence-electron chi connectivity index (χ0n) is 20.9. The second-order valence-corrected chi connectivity index (χ2v) is 9.89. The van der Waals surface area contributed by atoms with Gasteiger partial charge in [0.05, 0.1) is 17.4 Å². The van der Waals surface area contributed by atoms with E-state index in [1.54, 1.807) is 67.9 Å². The Balaban J connectivity index is 1.36. The number of carbonyl (C=O) groups is 1. The Labute approximate surface area is 214 Å². The molecule has 4 aromatic rings. The van der Waals surface area contributed by atoms with E-state index in [4.69, 9.17) is 4.74 Å². The fourth-order valence-corrected chi connectivity index (χ4v) is 4.07. The lowest BCUT2D eigenvalue weighted by Gasteiger charge is -2.24. The molecule has 1 aliphatic carbocycles. The Kier molecular flexibility index (Phi) is 6.25. The molecular formula is C29H28FN5O2. The van der Waals surface area contributed by atoms with Crippen LogP contribution in [-0.2, 0) is 10.4 Å². The summed E-state index contributed by atoms with van der Waals surface area (Å²) in [5.41, 5.74) is 2.00. The van der Waals surface area contributed by atoms with Gasteiger partial charge in [-0.2, -0.15) is 5.10 Å². The van der Waals surface area contributed by atoms with Gasteiger partial charge in [0.2, 0.25) is 5.95 Å². The van der Waals surface area contributed by atoms with Gasteiger partial charge in [0.25, 0.3) is 0 Å². The number of allylic oxidation sites excluding steroid dienone is 4. The second-order valence-electron chi connectivity index (χ2n) is 9.89. The SMILES string of the molecule is CC(C)(C)OC(=O)Nc1ccc(Nc2nc(C3(F)C=CC(c4ccccc4)=CC3)cc3ccnn23)cc1. The molecule has 188 valence electrons. The van der Waals surface area contributed by atoms with Gasteiger partial charge in [0.1, 0.15) is 5.60 Å². The Morgan fingerprint density at radius 2 is 1.78 bits per heavy atom. The topological polar surface area (TPSA) is 80.5 Å². The minimum Gasteiger partial charge on any atom is -0.444 e. The zero-order chi connectivity index (χ0) is 26.0. The maximum Gasteiger partial charge on any atom is 0.412 e. The summed E-state index contributed by atoms with van der Waals surface area (Å²) >= 11 is 0. The van der Waals surface area contributed by atoms with E-state index in [1.165, 1.54) is 0 Å². The molecule has 1 unspecified atom stereocenters. The molecule has 0 fully saturated rings. The normalized spacial score (nSPS) is 17.4. The molecule has 0 saturated heterocycles. The molecule has 2 aromatic heterocycles. The minimum absolute atomic E-state index is 0.176. The van der Waals surface area contributed by atoms with Crippen molar-refractivity contribution < 1.29 is 13.9 Å². The summed E-state index contributed by atoms with van der Waals surface area (Å²) in [7, 11) is 0. The molecule has 1 amide bonds. The van der Waals surface area contributed by atoms with Crippen LogP contribution in [0.4, 0.5) is 26.5 Å². The number of nitrogens with one attached hydrogen (secondary N) is 2. The van der Waals surface area contributed by atoms with E-state index < -0.39 is 17.4 Å². The highest BCUT2D eigenvalue weighted by molar-refractivity contribution is 5.85. The van der Waals surface area contributed by atoms with Gasteiger partial charge in [-0.05, 0) is 74.4 Å². The number of anilines is 3. The van der Waals surface area contributed by atoms with E-state index in [0.29, 0.717) is 23.0 Å². The maximum absolute atomic E-state index is 16.1. The first kappa shape index (κ1) is 24.2. The number of aromatic nitrogens is 3. The van der Waals surface area contributed by atoms with Gasteiger partial charge in [0.15, 0.2) is 5.67 Å². The lowest BCUT2D eigenvalue weighted by atomic mass is 9.88. The average Bonchev–Trinajstić information content (AvgIpc) is 3.34. The summed E-state index contributed by atoms with van der Waals surface area (Å²) < 4.78 is 23.0. The molecule has 7 nitrogen and oxygen atoms in total. The van der Waals surface area contributed by atoms with Crippen LogP contribution in [0.3, 0.4) is 0 Å². The highest BCUT2D eigenvalue weighted by atomic mass is 19.1. The van der Waals surface area contributed by atoms with Crippen molar-refractivity contribution in [1.82, 2.24) is 14.6 Å². The zero-order valence-corrected chi connectivity index (χ0v) is 20.9. The lowest BCUT2D eigenvalue weighted by Crippen LogP contribution is -2.27. The molecule has 0 spiro atoms. The number of hydrogen-bond donors (Lipinski definition) is 2. The van der Waals surface area contributed by atoms with Crippen LogP contribution in [0, 0.1) is 0 Å². The molecule has 2 N–H and O–H groups in total. The lowest BCUT2D eigenvalue weighted by molar-refractivity contribution is 0.0636. The summed E-state index contributed by atoms with van der Waals surface area (Å²) in [6, 6.07) is 20.5. The second kappa shape index (κ2) is 9.54. The number of ether oxygens (including phenoxy) is 1. The van der Waals surface area contributed by atoms with Crippen molar-refractivity contribution in [3.63, 3.8) is 0 Å². The van der Waals surface area contributed by atoms with E-state index in [-0.39, 0.29) is 6.42 Å². The molecule has 0 saturated carbocycles. The van der Waals surface area contributed by atoms with Crippen molar-refractivity contribution in [2.24, 2.45) is 0 Å². The predicted octanol–water partition coefficient (Wildman–Crippen LogP) is 7.03. The first-order chi connectivity index (χ1) is 17.7. The largest absolute Gasteiger partial charge is 0.444 e. The summed E-state index contributed by atoms with van der Waals surface area (Å²) in [6.07, 6.45) is 6.58. The molecule has 5 rings (SSSR count). The molecule has 37 heavy (non-hydrogen) atoms. The van der Waals surface area contributed by atoms with Gasteiger partial charge in [-0.1, -0.05) is 42.5 Å². The van der Waals surface area contributed by atoms with E-state index in [1.807, 2.05) is 48.6 Å². The van der Waals surface area contributed by atoms with Gasteiger partial charge >= 0.3 is 6.09 Å². The molecule has 2 heterocycles. The van der Waals surface area contributed by atoms with Crippen molar-refractivity contribution >= 4 is 34.5 Å². The molecule has 0 radical (unpaired) electrons. The van der Waals surface area contributed by atoms with E-state index in [0.717, 1.165) is 16.7 Å².